The highest BCUT2D eigenvalue weighted by molar-refractivity contribution is 9.10. The third-order valence-corrected chi connectivity index (χ3v) is 4.01. The van der Waals surface area contributed by atoms with Crippen molar-refractivity contribution < 1.29 is 9.53 Å². The molecule has 0 aromatic heterocycles. The molecule has 4 heteroatoms. The number of methoxy groups -OCH3 is 1. The first-order valence-electron chi connectivity index (χ1n) is 6.73. The summed E-state index contributed by atoms with van der Waals surface area (Å²) in [6.45, 7) is 3.97. The van der Waals surface area contributed by atoms with Gasteiger partial charge in [0.05, 0.1) is 18.7 Å². The number of benzene rings is 2. The van der Waals surface area contributed by atoms with Gasteiger partial charge in [-0.05, 0) is 48.0 Å². The Morgan fingerprint density at radius 3 is 2.62 bits per heavy atom. The van der Waals surface area contributed by atoms with E-state index in [0.717, 1.165) is 21.3 Å². The van der Waals surface area contributed by atoms with Crippen LogP contribution in [0.1, 0.15) is 34.5 Å². The molecule has 1 amide bonds. The van der Waals surface area contributed by atoms with Gasteiger partial charge in [0.2, 0.25) is 0 Å². The minimum Gasteiger partial charge on any atom is -0.496 e. The fourth-order valence-corrected chi connectivity index (χ4v) is 2.65. The lowest BCUT2D eigenvalue weighted by Gasteiger charge is -2.18. The predicted octanol–water partition coefficient (Wildman–Crippen LogP) is 4.26. The number of halogens is 1. The molecule has 2 aromatic carbocycles. The van der Waals surface area contributed by atoms with Crippen LogP contribution in [-0.4, -0.2) is 13.0 Å². The lowest BCUT2D eigenvalue weighted by atomic mass is 10.0. The van der Waals surface area contributed by atoms with Crippen molar-refractivity contribution in [2.45, 2.75) is 19.9 Å². The zero-order chi connectivity index (χ0) is 15.4. The number of aryl methyl sites for hydroxylation is 1. The highest BCUT2D eigenvalue weighted by Gasteiger charge is 2.16. The van der Waals surface area contributed by atoms with Crippen molar-refractivity contribution in [3.63, 3.8) is 0 Å². The number of hydrogen-bond acceptors (Lipinski definition) is 2. The van der Waals surface area contributed by atoms with Crippen molar-refractivity contribution in [1.29, 1.82) is 0 Å². The van der Waals surface area contributed by atoms with Gasteiger partial charge in [0, 0.05) is 10.0 Å². The second-order valence-corrected chi connectivity index (χ2v) is 5.77. The van der Waals surface area contributed by atoms with Gasteiger partial charge < -0.3 is 10.1 Å². The summed E-state index contributed by atoms with van der Waals surface area (Å²) in [5, 5.41) is 3.01. The minimum absolute atomic E-state index is 0.112. The zero-order valence-corrected chi connectivity index (χ0v) is 13.9. The second kappa shape index (κ2) is 6.76. The van der Waals surface area contributed by atoms with E-state index in [1.165, 1.54) is 0 Å². The molecule has 0 saturated carbocycles. The summed E-state index contributed by atoms with van der Waals surface area (Å²) in [6.07, 6.45) is 0. The molecule has 0 saturated heterocycles. The van der Waals surface area contributed by atoms with Gasteiger partial charge in [0.25, 0.3) is 5.91 Å². The Labute approximate surface area is 133 Å². The van der Waals surface area contributed by atoms with E-state index < -0.39 is 0 Å². The first-order valence-corrected chi connectivity index (χ1v) is 7.52. The van der Waals surface area contributed by atoms with Crippen LogP contribution in [0.25, 0.3) is 0 Å². The molecule has 0 radical (unpaired) electrons. The summed E-state index contributed by atoms with van der Waals surface area (Å²) in [7, 11) is 1.64. The number of ether oxygens (including phenoxy) is 1. The van der Waals surface area contributed by atoms with Crippen molar-refractivity contribution in [2.75, 3.05) is 7.11 Å². The molecule has 1 N–H and O–H groups in total. The van der Waals surface area contributed by atoms with Crippen LogP contribution in [0.2, 0.25) is 0 Å². The topological polar surface area (TPSA) is 38.3 Å². The lowest BCUT2D eigenvalue weighted by molar-refractivity contribution is 0.0938. The zero-order valence-electron chi connectivity index (χ0n) is 12.3. The van der Waals surface area contributed by atoms with Gasteiger partial charge in [-0.25, -0.2) is 0 Å². The maximum atomic E-state index is 12.4. The summed E-state index contributed by atoms with van der Waals surface area (Å²) in [5.74, 6) is 0.666. The monoisotopic (exact) mass is 347 g/mol. The Balaban J connectivity index is 2.22. The largest absolute Gasteiger partial charge is 0.496 e. The average molecular weight is 348 g/mol. The van der Waals surface area contributed by atoms with Crippen molar-refractivity contribution in [3.8, 4) is 5.75 Å². The second-order valence-electron chi connectivity index (χ2n) is 4.92. The van der Waals surface area contributed by atoms with E-state index in [1.54, 1.807) is 13.2 Å². The number of rotatable bonds is 4. The van der Waals surface area contributed by atoms with E-state index >= 15 is 0 Å². The number of amides is 1. The maximum Gasteiger partial charge on any atom is 0.252 e. The molecule has 0 aliphatic heterocycles. The van der Waals surface area contributed by atoms with E-state index in [-0.39, 0.29) is 11.9 Å². The molecule has 110 valence electrons. The first kappa shape index (κ1) is 15.6. The van der Waals surface area contributed by atoms with Crippen LogP contribution < -0.4 is 10.1 Å². The van der Waals surface area contributed by atoms with Crippen LogP contribution in [0.5, 0.6) is 5.75 Å². The fourth-order valence-electron chi connectivity index (χ4n) is 2.19. The SMILES string of the molecule is COc1ccc(C)cc1[C@@H](C)NC(=O)c1ccccc1Br. The molecule has 21 heavy (non-hydrogen) atoms. The first-order chi connectivity index (χ1) is 10.0. The van der Waals surface area contributed by atoms with E-state index in [2.05, 4.69) is 21.2 Å². The molecule has 0 unspecified atom stereocenters. The smallest absolute Gasteiger partial charge is 0.252 e. The molecular weight excluding hydrogens is 330 g/mol. The van der Waals surface area contributed by atoms with Gasteiger partial charge in [-0.2, -0.15) is 0 Å². The van der Waals surface area contributed by atoms with Crippen molar-refractivity contribution in [1.82, 2.24) is 5.32 Å². The predicted molar refractivity (Wildman–Crippen MR) is 87.8 cm³/mol. The number of hydrogen-bond donors (Lipinski definition) is 1. The van der Waals surface area contributed by atoms with Crippen LogP contribution in [-0.2, 0) is 0 Å². The molecule has 1 atom stereocenters. The summed E-state index contributed by atoms with van der Waals surface area (Å²) in [5.41, 5.74) is 2.72. The molecule has 0 aliphatic rings. The van der Waals surface area contributed by atoms with Crippen molar-refractivity contribution in [2.24, 2.45) is 0 Å². The van der Waals surface area contributed by atoms with Crippen LogP contribution in [0.4, 0.5) is 0 Å². The molecule has 0 spiro atoms. The van der Waals surface area contributed by atoms with E-state index in [4.69, 9.17) is 4.74 Å². The molecule has 2 rings (SSSR count). The Morgan fingerprint density at radius 1 is 1.24 bits per heavy atom. The minimum atomic E-state index is -0.139. The standard InChI is InChI=1S/C17H18BrNO2/c1-11-8-9-16(21-3)14(10-11)12(2)19-17(20)13-6-4-5-7-15(13)18/h4-10,12H,1-3H3,(H,19,20)/t12-/m1/s1. The van der Waals surface area contributed by atoms with E-state index in [9.17, 15) is 4.79 Å². The summed E-state index contributed by atoms with van der Waals surface area (Å²) in [6, 6.07) is 13.2. The highest BCUT2D eigenvalue weighted by Crippen LogP contribution is 2.26. The van der Waals surface area contributed by atoms with Gasteiger partial charge in [0.15, 0.2) is 0 Å². The quantitative estimate of drug-likeness (QED) is 0.897. The van der Waals surface area contributed by atoms with Crippen molar-refractivity contribution >= 4 is 21.8 Å². The molecule has 0 bridgehead atoms. The summed E-state index contributed by atoms with van der Waals surface area (Å²) < 4.78 is 6.16. The fraction of sp³-hybridized carbons (Fsp3) is 0.235. The number of carbonyl (C=O) groups excluding carboxylic acids is 1. The van der Waals surface area contributed by atoms with Crippen LogP contribution >= 0.6 is 15.9 Å². The van der Waals surface area contributed by atoms with Crippen LogP contribution in [0, 0.1) is 6.92 Å². The Hall–Kier alpha value is -1.81. The molecular formula is C17H18BrNO2. The normalized spacial score (nSPS) is 11.8. The van der Waals surface area contributed by atoms with E-state index in [0.29, 0.717) is 5.56 Å². The van der Waals surface area contributed by atoms with Crippen LogP contribution in [0.15, 0.2) is 46.9 Å². The van der Waals surface area contributed by atoms with E-state index in [1.807, 2.05) is 50.2 Å². The summed E-state index contributed by atoms with van der Waals surface area (Å²) >= 11 is 3.40. The molecule has 0 fully saturated rings. The van der Waals surface area contributed by atoms with Crippen molar-refractivity contribution in [3.05, 3.63) is 63.6 Å². The number of nitrogens with one attached hydrogen (secondary N) is 1. The molecule has 2 aromatic rings. The Bertz CT molecular complexity index is 655. The molecule has 3 nitrogen and oxygen atoms in total. The lowest BCUT2D eigenvalue weighted by Crippen LogP contribution is -2.27. The van der Waals surface area contributed by atoms with Gasteiger partial charge >= 0.3 is 0 Å². The third kappa shape index (κ3) is 3.64. The number of carbonyl (C=O) groups is 1. The van der Waals surface area contributed by atoms with Gasteiger partial charge in [0.1, 0.15) is 5.75 Å². The molecule has 0 heterocycles. The maximum absolute atomic E-state index is 12.4. The van der Waals surface area contributed by atoms with Gasteiger partial charge in [-0.1, -0.05) is 29.8 Å². The molecule has 0 aliphatic carbocycles. The average Bonchev–Trinajstić information content (AvgIpc) is 2.47. The summed E-state index contributed by atoms with van der Waals surface area (Å²) in [4.78, 5) is 12.4. The van der Waals surface area contributed by atoms with Gasteiger partial charge in [-0.15, -0.1) is 0 Å². The van der Waals surface area contributed by atoms with Gasteiger partial charge in [-0.3, -0.25) is 4.79 Å². The Kier molecular flexibility index (Phi) is 5.02. The Morgan fingerprint density at radius 2 is 1.95 bits per heavy atom. The van der Waals surface area contributed by atoms with Crippen LogP contribution in [0.3, 0.4) is 0 Å². The highest BCUT2D eigenvalue weighted by atomic mass is 79.9. The third-order valence-electron chi connectivity index (χ3n) is 3.32.